The quantitative estimate of drug-likeness (QED) is 0.684. The SMILES string of the molecule is CN1CCN(C23CC(Nc4ncc(C(F)(F)F)c(N5CCC6(CCNC6=O)CC5)n4)(C2)C3)CC1. The van der Waals surface area contributed by atoms with Gasteiger partial charge < -0.3 is 20.4 Å². The maximum absolute atomic E-state index is 13.8. The van der Waals surface area contributed by atoms with Crippen molar-refractivity contribution in [2.75, 3.05) is 63.1 Å². The fraction of sp³-hybridized carbons (Fsp3) is 0.783. The predicted octanol–water partition coefficient (Wildman–Crippen LogP) is 1.94. The van der Waals surface area contributed by atoms with E-state index in [1.165, 1.54) is 0 Å². The van der Waals surface area contributed by atoms with Gasteiger partial charge in [-0.05, 0) is 45.6 Å². The summed E-state index contributed by atoms with van der Waals surface area (Å²) in [4.78, 5) is 27.3. The largest absolute Gasteiger partial charge is 0.421 e. The molecule has 0 unspecified atom stereocenters. The van der Waals surface area contributed by atoms with Crippen molar-refractivity contribution in [3.63, 3.8) is 0 Å². The van der Waals surface area contributed by atoms with Crippen LogP contribution in [0.1, 0.15) is 44.1 Å². The first-order chi connectivity index (χ1) is 16.1. The molecule has 1 aromatic rings. The summed E-state index contributed by atoms with van der Waals surface area (Å²) in [7, 11) is 2.15. The van der Waals surface area contributed by atoms with Crippen LogP contribution in [0.5, 0.6) is 0 Å². The number of alkyl halides is 3. The number of nitrogens with zero attached hydrogens (tertiary/aromatic N) is 5. The van der Waals surface area contributed by atoms with E-state index in [2.05, 4.69) is 37.4 Å². The Bertz CT molecular complexity index is 963. The van der Waals surface area contributed by atoms with Gasteiger partial charge in [-0.25, -0.2) is 4.98 Å². The lowest BCUT2D eigenvalue weighted by atomic mass is 9.43. The van der Waals surface area contributed by atoms with Crippen LogP contribution in [-0.2, 0) is 11.0 Å². The van der Waals surface area contributed by atoms with Crippen LogP contribution in [0, 0.1) is 5.41 Å². The highest BCUT2D eigenvalue weighted by atomic mass is 19.4. The highest BCUT2D eigenvalue weighted by Crippen LogP contribution is 2.64. The number of hydrogen-bond donors (Lipinski definition) is 2. The van der Waals surface area contributed by atoms with Crippen molar-refractivity contribution in [2.45, 2.75) is 55.8 Å². The molecule has 0 aromatic carbocycles. The molecule has 6 fully saturated rings. The molecule has 0 radical (unpaired) electrons. The first-order valence-electron chi connectivity index (χ1n) is 12.3. The van der Waals surface area contributed by atoms with Gasteiger partial charge in [-0.3, -0.25) is 9.69 Å². The van der Waals surface area contributed by atoms with E-state index in [1.807, 2.05) is 0 Å². The normalized spacial score (nSPS) is 33.4. The summed E-state index contributed by atoms with van der Waals surface area (Å²) in [6.45, 7) is 5.70. The Hall–Kier alpha value is -2.14. The van der Waals surface area contributed by atoms with E-state index in [1.54, 1.807) is 4.90 Å². The van der Waals surface area contributed by atoms with Crippen LogP contribution in [0.2, 0.25) is 0 Å². The third-order valence-corrected chi connectivity index (χ3v) is 9.02. The fourth-order valence-corrected chi connectivity index (χ4v) is 6.93. The van der Waals surface area contributed by atoms with Crippen molar-refractivity contribution in [3.8, 4) is 0 Å². The topological polar surface area (TPSA) is 76.6 Å². The van der Waals surface area contributed by atoms with Gasteiger partial charge in [0.2, 0.25) is 11.9 Å². The lowest BCUT2D eigenvalue weighted by Gasteiger charge is -2.74. The Morgan fingerprint density at radius 2 is 1.71 bits per heavy atom. The molecule has 3 aliphatic heterocycles. The monoisotopic (exact) mass is 479 g/mol. The maximum Gasteiger partial charge on any atom is 0.421 e. The molecule has 6 aliphatic rings. The molecule has 34 heavy (non-hydrogen) atoms. The lowest BCUT2D eigenvalue weighted by Crippen LogP contribution is -2.82. The number of likely N-dealkylation sites (N-methyl/N-ethyl adjacent to an activating group) is 1. The number of nitrogens with one attached hydrogen (secondary N) is 2. The van der Waals surface area contributed by atoms with Crippen LogP contribution in [0.3, 0.4) is 0 Å². The third kappa shape index (κ3) is 3.45. The van der Waals surface area contributed by atoms with Crippen LogP contribution in [0.25, 0.3) is 0 Å². The molecule has 11 heteroatoms. The smallest absolute Gasteiger partial charge is 0.356 e. The number of aromatic nitrogens is 2. The Labute approximate surface area is 197 Å². The van der Waals surface area contributed by atoms with Gasteiger partial charge in [-0.15, -0.1) is 0 Å². The summed E-state index contributed by atoms with van der Waals surface area (Å²) in [6.07, 6.45) is 1.19. The van der Waals surface area contributed by atoms with Crippen molar-refractivity contribution < 1.29 is 18.0 Å². The maximum atomic E-state index is 13.8. The number of piperidine rings is 1. The van der Waals surface area contributed by atoms with E-state index in [-0.39, 0.29) is 28.8 Å². The molecular weight excluding hydrogens is 447 g/mol. The van der Waals surface area contributed by atoms with Crippen molar-refractivity contribution in [2.24, 2.45) is 5.41 Å². The zero-order valence-corrected chi connectivity index (χ0v) is 19.5. The summed E-state index contributed by atoms with van der Waals surface area (Å²) < 4.78 is 41.4. The van der Waals surface area contributed by atoms with Crippen molar-refractivity contribution in [1.82, 2.24) is 25.1 Å². The second-order valence-electron chi connectivity index (χ2n) is 11.2. The first-order valence-corrected chi connectivity index (χ1v) is 12.3. The van der Waals surface area contributed by atoms with E-state index in [4.69, 9.17) is 0 Å². The molecule has 3 saturated heterocycles. The molecule has 7 rings (SSSR count). The second kappa shape index (κ2) is 7.43. The highest BCUT2D eigenvalue weighted by molar-refractivity contribution is 5.85. The number of amides is 1. The minimum atomic E-state index is -4.53. The summed E-state index contributed by atoms with van der Waals surface area (Å²) in [5, 5.41) is 6.26. The van der Waals surface area contributed by atoms with Gasteiger partial charge in [0.1, 0.15) is 11.4 Å². The lowest BCUT2D eigenvalue weighted by molar-refractivity contribution is -0.160. The average molecular weight is 480 g/mol. The second-order valence-corrected chi connectivity index (χ2v) is 11.2. The van der Waals surface area contributed by atoms with Crippen LogP contribution >= 0.6 is 0 Å². The molecule has 4 heterocycles. The minimum absolute atomic E-state index is 0.0335. The molecule has 1 amide bonds. The van der Waals surface area contributed by atoms with Gasteiger partial charge in [0.05, 0.1) is 5.41 Å². The first kappa shape index (κ1) is 22.3. The summed E-state index contributed by atoms with van der Waals surface area (Å²) in [5.74, 6) is 0.235. The number of piperazine rings is 1. The Balaban J connectivity index is 1.16. The number of hydrogen-bond acceptors (Lipinski definition) is 7. The molecule has 2 bridgehead atoms. The van der Waals surface area contributed by atoms with Gasteiger partial charge in [-0.2, -0.15) is 18.2 Å². The molecule has 1 spiro atoms. The molecule has 186 valence electrons. The van der Waals surface area contributed by atoms with Crippen LogP contribution in [0.15, 0.2) is 6.20 Å². The summed E-state index contributed by atoms with van der Waals surface area (Å²) >= 11 is 0. The molecule has 3 aliphatic carbocycles. The Morgan fingerprint density at radius 1 is 1.03 bits per heavy atom. The van der Waals surface area contributed by atoms with E-state index in [9.17, 15) is 18.0 Å². The van der Waals surface area contributed by atoms with Crippen molar-refractivity contribution >= 4 is 17.7 Å². The number of carbonyl (C=O) groups excluding carboxylic acids is 1. The molecule has 2 N–H and O–H groups in total. The number of carbonyl (C=O) groups is 1. The Morgan fingerprint density at radius 3 is 2.29 bits per heavy atom. The molecule has 3 saturated carbocycles. The van der Waals surface area contributed by atoms with E-state index < -0.39 is 17.2 Å². The zero-order chi connectivity index (χ0) is 23.8. The van der Waals surface area contributed by atoms with E-state index in [0.717, 1.165) is 58.1 Å². The molecule has 0 atom stereocenters. The minimum Gasteiger partial charge on any atom is -0.356 e. The predicted molar refractivity (Wildman–Crippen MR) is 121 cm³/mol. The summed E-state index contributed by atoms with van der Waals surface area (Å²) in [5.41, 5.74) is -1.11. The third-order valence-electron chi connectivity index (χ3n) is 9.02. The standard InChI is InChI=1S/C23H32F3N7O/c1-31-8-10-33(11-9-31)22-13-21(14-22,15-22)30-19-28-12-16(23(24,25)26)17(29-19)32-6-3-20(4-7-32)2-5-27-18(20)34/h12H,2-11,13-15H2,1H3,(H,27,34)(H,28,29,30). The number of rotatable bonds is 4. The van der Waals surface area contributed by atoms with Crippen LogP contribution in [-0.4, -0.2) is 89.6 Å². The van der Waals surface area contributed by atoms with Crippen molar-refractivity contribution in [3.05, 3.63) is 11.8 Å². The van der Waals surface area contributed by atoms with Gasteiger partial charge in [-0.1, -0.05) is 0 Å². The molecule has 1 aromatic heterocycles. The number of halogens is 3. The van der Waals surface area contributed by atoms with Gasteiger partial charge in [0, 0.05) is 63.1 Å². The van der Waals surface area contributed by atoms with Gasteiger partial charge >= 0.3 is 6.18 Å². The van der Waals surface area contributed by atoms with Crippen molar-refractivity contribution in [1.29, 1.82) is 0 Å². The Kier molecular flexibility index (Phi) is 4.88. The highest BCUT2D eigenvalue weighted by Gasteiger charge is 2.70. The van der Waals surface area contributed by atoms with Crippen LogP contribution in [0.4, 0.5) is 24.9 Å². The number of anilines is 2. The average Bonchev–Trinajstić information content (AvgIpc) is 3.10. The zero-order valence-electron chi connectivity index (χ0n) is 19.5. The van der Waals surface area contributed by atoms with Crippen LogP contribution < -0.4 is 15.5 Å². The van der Waals surface area contributed by atoms with E-state index in [0.29, 0.717) is 32.5 Å². The fourth-order valence-electron chi connectivity index (χ4n) is 6.93. The van der Waals surface area contributed by atoms with E-state index >= 15 is 0 Å². The van der Waals surface area contributed by atoms with Gasteiger partial charge in [0.15, 0.2) is 0 Å². The molecule has 8 nitrogen and oxygen atoms in total. The molecular formula is C23H32F3N7O. The van der Waals surface area contributed by atoms with Gasteiger partial charge in [0.25, 0.3) is 0 Å². The summed E-state index contributed by atoms with van der Waals surface area (Å²) in [6, 6.07) is 0.